The molecule has 1 N–H and O–H groups in total. The zero-order chi connectivity index (χ0) is 14.0. The Morgan fingerprint density at radius 3 is 2.44 bits per heavy atom. The Labute approximate surface area is 110 Å². The minimum absolute atomic E-state index is 0.114. The van der Waals surface area contributed by atoms with E-state index in [1.54, 1.807) is 20.8 Å². The van der Waals surface area contributed by atoms with Crippen molar-refractivity contribution in [2.75, 3.05) is 13.1 Å². The van der Waals surface area contributed by atoms with E-state index in [0.717, 1.165) is 13.0 Å². The molecule has 0 aromatic rings. The van der Waals surface area contributed by atoms with Crippen LogP contribution in [-0.2, 0) is 9.45 Å². The molecule has 102 valence electrons. The van der Waals surface area contributed by atoms with Gasteiger partial charge in [0.25, 0.3) is 0 Å². The van der Waals surface area contributed by atoms with Crippen molar-refractivity contribution in [3.8, 4) is 0 Å². The summed E-state index contributed by atoms with van der Waals surface area (Å²) in [6.45, 7) is 10.3. The molecule has 0 atom stereocenters. The number of rotatable bonds is 4. The Hall–Kier alpha value is -0.805. The van der Waals surface area contributed by atoms with Gasteiger partial charge in [0, 0.05) is 20.0 Å². The summed E-state index contributed by atoms with van der Waals surface area (Å²) in [5.41, 5.74) is -0.274. The highest BCUT2D eigenvalue weighted by molar-refractivity contribution is 6.38. The van der Waals surface area contributed by atoms with Gasteiger partial charge in [-0.15, -0.1) is 0 Å². The number of carbonyl (C=O) groups is 1. The van der Waals surface area contributed by atoms with E-state index in [1.807, 2.05) is 24.8 Å². The summed E-state index contributed by atoms with van der Waals surface area (Å²) in [6.07, 6.45) is 2.90. The van der Waals surface area contributed by atoms with Crippen molar-refractivity contribution in [3.63, 3.8) is 0 Å². The first-order chi connectivity index (χ1) is 8.13. The standard InChI is InChI=1S/C13H24BNO3/c1-10(16)15-8-6-11(7-9-15)14-18-13(4,5)12(2,3)17/h6,14,17H,7-9H2,1-5H3. The number of hydrogen-bond donors (Lipinski definition) is 1. The minimum atomic E-state index is -0.881. The first kappa shape index (κ1) is 15.3. The molecule has 1 amide bonds. The van der Waals surface area contributed by atoms with E-state index in [9.17, 15) is 9.90 Å². The monoisotopic (exact) mass is 253 g/mol. The molecule has 0 aromatic carbocycles. The smallest absolute Gasteiger partial charge is 0.305 e. The lowest BCUT2D eigenvalue weighted by atomic mass is 9.79. The molecule has 0 aliphatic carbocycles. The lowest BCUT2D eigenvalue weighted by Gasteiger charge is -2.38. The first-order valence-electron chi connectivity index (χ1n) is 6.43. The van der Waals surface area contributed by atoms with Crippen molar-refractivity contribution in [1.82, 2.24) is 4.90 Å². The van der Waals surface area contributed by atoms with Gasteiger partial charge in [-0.2, -0.15) is 0 Å². The van der Waals surface area contributed by atoms with E-state index in [-0.39, 0.29) is 5.91 Å². The van der Waals surface area contributed by atoms with Crippen LogP contribution in [0.2, 0.25) is 0 Å². The van der Waals surface area contributed by atoms with Crippen LogP contribution in [0.15, 0.2) is 11.5 Å². The highest BCUT2D eigenvalue weighted by atomic mass is 16.5. The Morgan fingerprint density at radius 2 is 2.06 bits per heavy atom. The summed E-state index contributed by atoms with van der Waals surface area (Å²) in [5.74, 6) is 0.114. The number of aliphatic hydroxyl groups is 1. The summed E-state index contributed by atoms with van der Waals surface area (Å²) < 4.78 is 5.81. The van der Waals surface area contributed by atoms with Gasteiger partial charge in [-0.25, -0.2) is 0 Å². The molecule has 1 aliphatic rings. The Balaban J connectivity index is 2.49. The van der Waals surface area contributed by atoms with E-state index in [4.69, 9.17) is 4.65 Å². The molecule has 0 fully saturated rings. The second kappa shape index (κ2) is 5.45. The van der Waals surface area contributed by atoms with Crippen molar-refractivity contribution in [2.24, 2.45) is 0 Å². The van der Waals surface area contributed by atoms with Gasteiger partial charge in [0.1, 0.15) is 0 Å². The number of hydrogen-bond acceptors (Lipinski definition) is 3. The quantitative estimate of drug-likeness (QED) is 0.761. The van der Waals surface area contributed by atoms with Crippen molar-refractivity contribution in [1.29, 1.82) is 0 Å². The summed E-state index contributed by atoms with van der Waals surface area (Å²) in [6, 6.07) is 0. The predicted octanol–water partition coefficient (Wildman–Crippen LogP) is 1.04. The van der Waals surface area contributed by atoms with Gasteiger partial charge in [-0.1, -0.05) is 11.5 Å². The molecule has 5 heteroatoms. The summed E-state index contributed by atoms with van der Waals surface area (Å²) in [7, 11) is 0.517. The third-order valence-electron chi connectivity index (χ3n) is 3.84. The topological polar surface area (TPSA) is 49.8 Å². The van der Waals surface area contributed by atoms with Gasteiger partial charge in [-0.05, 0) is 34.1 Å². The molecule has 0 aromatic heterocycles. The molecular weight excluding hydrogens is 229 g/mol. The zero-order valence-corrected chi connectivity index (χ0v) is 12.1. The first-order valence-corrected chi connectivity index (χ1v) is 6.43. The molecule has 1 heterocycles. The van der Waals surface area contributed by atoms with Crippen LogP contribution in [0.5, 0.6) is 0 Å². The van der Waals surface area contributed by atoms with E-state index in [1.165, 1.54) is 5.47 Å². The lowest BCUT2D eigenvalue weighted by Crippen LogP contribution is -2.48. The van der Waals surface area contributed by atoms with E-state index in [2.05, 4.69) is 0 Å². The van der Waals surface area contributed by atoms with Gasteiger partial charge >= 0.3 is 7.48 Å². The highest BCUT2D eigenvalue weighted by Crippen LogP contribution is 2.25. The summed E-state index contributed by atoms with van der Waals surface area (Å²) >= 11 is 0. The SMILES string of the molecule is CC(=O)N1CC=C(BOC(C)(C)C(C)(C)O)CC1. The van der Waals surface area contributed by atoms with Crippen molar-refractivity contribution in [2.45, 2.75) is 52.2 Å². The number of carbonyl (C=O) groups excluding carboxylic acids is 1. The van der Waals surface area contributed by atoms with Crippen molar-refractivity contribution in [3.05, 3.63) is 11.5 Å². The third kappa shape index (κ3) is 3.85. The predicted molar refractivity (Wildman–Crippen MR) is 73.6 cm³/mol. The second-order valence-electron chi connectivity index (χ2n) is 5.94. The van der Waals surface area contributed by atoms with Crippen LogP contribution in [0, 0.1) is 0 Å². The maximum atomic E-state index is 11.2. The molecule has 1 aliphatic heterocycles. The molecule has 0 unspecified atom stereocenters. The van der Waals surface area contributed by atoms with Crippen LogP contribution in [0.4, 0.5) is 0 Å². The van der Waals surface area contributed by atoms with E-state index >= 15 is 0 Å². The Kier molecular flexibility index (Phi) is 4.62. The fourth-order valence-electron chi connectivity index (χ4n) is 1.58. The van der Waals surface area contributed by atoms with Crippen LogP contribution in [0.1, 0.15) is 41.0 Å². The second-order valence-corrected chi connectivity index (χ2v) is 5.94. The number of amides is 1. The third-order valence-corrected chi connectivity index (χ3v) is 3.84. The Bertz CT molecular complexity index is 345. The van der Waals surface area contributed by atoms with Crippen LogP contribution in [0.3, 0.4) is 0 Å². The molecule has 0 saturated heterocycles. The molecular formula is C13H24BNO3. The zero-order valence-electron chi connectivity index (χ0n) is 12.1. The van der Waals surface area contributed by atoms with Gasteiger partial charge in [0.15, 0.2) is 0 Å². The largest absolute Gasteiger partial charge is 0.427 e. The van der Waals surface area contributed by atoms with Crippen LogP contribution in [0.25, 0.3) is 0 Å². The fraction of sp³-hybridized carbons (Fsp3) is 0.769. The molecule has 0 saturated carbocycles. The van der Waals surface area contributed by atoms with Crippen LogP contribution >= 0.6 is 0 Å². The molecule has 18 heavy (non-hydrogen) atoms. The average Bonchev–Trinajstić information content (AvgIpc) is 2.25. The minimum Gasteiger partial charge on any atom is -0.427 e. The highest BCUT2D eigenvalue weighted by Gasteiger charge is 2.35. The van der Waals surface area contributed by atoms with Gasteiger partial charge in [0.05, 0.1) is 11.2 Å². The van der Waals surface area contributed by atoms with Gasteiger partial charge in [-0.3, -0.25) is 4.79 Å². The van der Waals surface area contributed by atoms with Gasteiger partial charge in [0.2, 0.25) is 5.91 Å². The number of nitrogens with zero attached hydrogens (tertiary/aromatic N) is 1. The van der Waals surface area contributed by atoms with Crippen LogP contribution in [-0.4, -0.2) is 47.7 Å². The van der Waals surface area contributed by atoms with E-state index < -0.39 is 11.2 Å². The molecule has 0 bridgehead atoms. The lowest BCUT2D eigenvalue weighted by molar-refractivity contribution is -0.128. The molecule has 0 spiro atoms. The fourth-order valence-corrected chi connectivity index (χ4v) is 1.58. The van der Waals surface area contributed by atoms with E-state index in [0.29, 0.717) is 14.0 Å². The van der Waals surface area contributed by atoms with Crippen LogP contribution < -0.4 is 0 Å². The molecule has 1 rings (SSSR count). The summed E-state index contributed by atoms with van der Waals surface area (Å²) in [4.78, 5) is 13.0. The maximum absolute atomic E-state index is 11.2. The normalized spacial score (nSPS) is 17.4. The molecule has 4 nitrogen and oxygen atoms in total. The molecule has 0 radical (unpaired) electrons. The van der Waals surface area contributed by atoms with Crippen molar-refractivity contribution < 1.29 is 14.6 Å². The van der Waals surface area contributed by atoms with Gasteiger partial charge < -0.3 is 14.7 Å². The average molecular weight is 253 g/mol. The maximum Gasteiger partial charge on any atom is 0.305 e. The summed E-state index contributed by atoms with van der Waals surface area (Å²) in [5, 5.41) is 9.99. The van der Waals surface area contributed by atoms with Crippen molar-refractivity contribution >= 4 is 13.4 Å². The Morgan fingerprint density at radius 1 is 1.44 bits per heavy atom.